The monoisotopic (exact) mass is 782 g/mol. The molecule has 0 heterocycles. The second-order valence-electron chi connectivity index (χ2n) is 16.6. The van der Waals surface area contributed by atoms with E-state index in [2.05, 4.69) is 32.6 Å². The van der Waals surface area contributed by atoms with Gasteiger partial charge in [0.2, 0.25) is 0 Å². The molecule has 1 unspecified atom stereocenters. The highest BCUT2D eigenvalue weighted by Gasteiger charge is 2.19. The van der Waals surface area contributed by atoms with Gasteiger partial charge >= 0.3 is 11.9 Å². The lowest BCUT2D eigenvalue weighted by molar-refractivity contribution is -0.151. The van der Waals surface area contributed by atoms with Gasteiger partial charge < -0.3 is 24.2 Å². The third-order valence-corrected chi connectivity index (χ3v) is 11.1. The number of aliphatic hydroxyl groups is 1. The number of nitrogens with zero attached hydrogens (tertiary/aromatic N) is 1. The van der Waals surface area contributed by atoms with Crippen molar-refractivity contribution in [3.05, 3.63) is 0 Å². The van der Waals surface area contributed by atoms with Crippen molar-refractivity contribution in [3.63, 3.8) is 0 Å². The summed E-state index contributed by atoms with van der Waals surface area (Å²) in [5, 5.41) is 9.60. The van der Waals surface area contributed by atoms with Crippen molar-refractivity contribution >= 4 is 11.9 Å². The van der Waals surface area contributed by atoms with Crippen molar-refractivity contribution < 1.29 is 28.9 Å². The second-order valence-corrected chi connectivity index (χ2v) is 16.6. The molecule has 0 rings (SSSR count). The Hall–Kier alpha value is -1.18. The van der Waals surface area contributed by atoms with E-state index in [1.54, 1.807) is 0 Å². The van der Waals surface area contributed by atoms with Gasteiger partial charge in [0.15, 0.2) is 0 Å². The molecule has 0 aliphatic carbocycles. The Bertz CT molecular complexity index is 778. The summed E-state index contributed by atoms with van der Waals surface area (Å²) in [6, 6.07) is 0. The minimum Gasteiger partial charge on any atom is -0.465 e. The fraction of sp³-hybridized carbons (Fsp3) is 0.958. The van der Waals surface area contributed by atoms with E-state index in [-0.39, 0.29) is 30.6 Å². The Morgan fingerprint density at radius 3 is 1.47 bits per heavy atom. The molecule has 0 fully saturated rings. The van der Waals surface area contributed by atoms with Gasteiger partial charge in [-0.3, -0.25) is 9.59 Å². The normalized spacial score (nSPS) is 12.2. The van der Waals surface area contributed by atoms with Gasteiger partial charge in [-0.05, 0) is 83.7 Å². The van der Waals surface area contributed by atoms with Gasteiger partial charge in [0.05, 0.1) is 25.7 Å². The average molecular weight is 782 g/mol. The van der Waals surface area contributed by atoms with Gasteiger partial charge in [-0.15, -0.1) is 0 Å². The minimum absolute atomic E-state index is 0.00462. The van der Waals surface area contributed by atoms with Crippen LogP contribution in [0.3, 0.4) is 0 Å². The smallest absolute Gasteiger partial charge is 0.311 e. The van der Waals surface area contributed by atoms with Crippen molar-refractivity contribution in [2.24, 2.45) is 5.92 Å². The lowest BCUT2D eigenvalue weighted by atomic mass is 10.0. The predicted molar refractivity (Wildman–Crippen MR) is 234 cm³/mol. The molecule has 0 aromatic carbocycles. The molecule has 0 aromatic rings. The average Bonchev–Trinajstić information content (AvgIpc) is 3.18. The molecule has 7 heteroatoms. The zero-order chi connectivity index (χ0) is 40.3. The van der Waals surface area contributed by atoms with E-state index in [1.807, 2.05) is 0 Å². The van der Waals surface area contributed by atoms with Crippen LogP contribution < -0.4 is 0 Å². The number of ether oxygens (including phenoxy) is 3. The second kappa shape index (κ2) is 43.9. The molecule has 0 spiro atoms. The van der Waals surface area contributed by atoms with E-state index in [0.717, 1.165) is 103 Å². The fourth-order valence-corrected chi connectivity index (χ4v) is 7.51. The third-order valence-electron chi connectivity index (χ3n) is 11.1. The summed E-state index contributed by atoms with van der Waals surface area (Å²) in [4.78, 5) is 27.8. The number of unbranched alkanes of at least 4 members (excludes halogenated alkanes) is 23. The van der Waals surface area contributed by atoms with Crippen LogP contribution in [0.25, 0.3) is 0 Å². The molecule has 0 amide bonds. The Labute approximate surface area is 342 Å². The van der Waals surface area contributed by atoms with E-state index in [9.17, 15) is 14.7 Å². The third kappa shape index (κ3) is 38.1. The van der Waals surface area contributed by atoms with Crippen LogP contribution in [0.2, 0.25) is 0 Å². The maximum atomic E-state index is 12.7. The predicted octanol–water partition coefficient (Wildman–Crippen LogP) is 13.3. The Morgan fingerprint density at radius 1 is 0.491 bits per heavy atom. The molecule has 0 aromatic heterocycles. The van der Waals surface area contributed by atoms with Gasteiger partial charge in [0.25, 0.3) is 0 Å². The van der Waals surface area contributed by atoms with E-state index in [4.69, 9.17) is 14.2 Å². The van der Waals surface area contributed by atoms with Crippen LogP contribution in [0.15, 0.2) is 0 Å². The van der Waals surface area contributed by atoms with Crippen molar-refractivity contribution in [2.45, 2.75) is 246 Å². The van der Waals surface area contributed by atoms with Crippen molar-refractivity contribution in [1.29, 1.82) is 0 Å². The van der Waals surface area contributed by atoms with Crippen molar-refractivity contribution in [1.82, 2.24) is 4.90 Å². The molecule has 1 atom stereocenters. The zero-order valence-electron chi connectivity index (χ0n) is 37.4. The van der Waals surface area contributed by atoms with E-state index in [1.165, 1.54) is 122 Å². The SMILES string of the molecule is CCCCCCCCCCOCC(CCC)C(=O)OCCCCCN(CCO)CCCCCCCC(=O)OC(CCCCCCCC)CCCCCCCC. The molecular formula is C48H95NO6. The largest absolute Gasteiger partial charge is 0.465 e. The van der Waals surface area contributed by atoms with Gasteiger partial charge in [-0.25, -0.2) is 0 Å². The Kier molecular flexibility index (Phi) is 43.0. The molecule has 0 saturated heterocycles. The molecule has 0 radical (unpaired) electrons. The van der Waals surface area contributed by atoms with Crippen LogP contribution in [0.5, 0.6) is 0 Å². The molecule has 0 saturated carbocycles. The van der Waals surface area contributed by atoms with E-state index in [0.29, 0.717) is 26.2 Å². The van der Waals surface area contributed by atoms with E-state index >= 15 is 0 Å². The van der Waals surface area contributed by atoms with Crippen LogP contribution in [0.1, 0.15) is 240 Å². The first-order chi connectivity index (χ1) is 27.0. The number of hydrogen-bond donors (Lipinski definition) is 1. The minimum atomic E-state index is -0.153. The molecule has 0 aliphatic rings. The van der Waals surface area contributed by atoms with Gasteiger partial charge in [0.1, 0.15) is 6.10 Å². The zero-order valence-corrected chi connectivity index (χ0v) is 37.4. The number of carbonyl (C=O) groups is 2. The molecule has 0 bridgehead atoms. The first-order valence-corrected chi connectivity index (χ1v) is 24.3. The first-order valence-electron chi connectivity index (χ1n) is 24.3. The number of esters is 2. The summed E-state index contributed by atoms with van der Waals surface area (Å²) in [5.74, 6) is -0.252. The standard InChI is InChI=1S/C48H95NO6/c1-5-9-12-15-18-19-25-32-42-53-44-45(34-8-4)48(52)54-43-33-26-31-39-49(40-41-50)38-30-24-20-23-29-37-47(51)55-46(35-27-21-16-13-10-6-2)36-28-22-17-14-11-7-3/h45-46,50H,5-44H2,1-4H3. The number of carbonyl (C=O) groups excluding carboxylic acids is 2. The highest BCUT2D eigenvalue weighted by molar-refractivity contribution is 5.72. The van der Waals surface area contributed by atoms with Gasteiger partial charge in [-0.1, -0.05) is 163 Å². The molecule has 0 aliphatic heterocycles. The van der Waals surface area contributed by atoms with Crippen LogP contribution in [0.4, 0.5) is 0 Å². The molecule has 1 N–H and O–H groups in total. The number of rotatable bonds is 45. The topological polar surface area (TPSA) is 85.3 Å². The summed E-state index contributed by atoms with van der Waals surface area (Å²) in [5.41, 5.74) is 0. The maximum Gasteiger partial charge on any atom is 0.311 e. The van der Waals surface area contributed by atoms with Gasteiger partial charge in [0, 0.05) is 19.6 Å². The summed E-state index contributed by atoms with van der Waals surface area (Å²) < 4.78 is 17.6. The highest BCUT2D eigenvalue weighted by Crippen LogP contribution is 2.19. The summed E-state index contributed by atoms with van der Waals surface area (Å²) in [6.45, 7) is 13.4. The lowest BCUT2D eigenvalue weighted by Gasteiger charge is -2.21. The van der Waals surface area contributed by atoms with Crippen LogP contribution in [-0.4, -0.2) is 74.1 Å². The fourth-order valence-electron chi connectivity index (χ4n) is 7.51. The van der Waals surface area contributed by atoms with Crippen LogP contribution in [0, 0.1) is 5.92 Å². The van der Waals surface area contributed by atoms with Gasteiger partial charge in [-0.2, -0.15) is 0 Å². The summed E-state index contributed by atoms with van der Waals surface area (Å²) >= 11 is 0. The quantitative estimate of drug-likeness (QED) is 0.0486. The van der Waals surface area contributed by atoms with Crippen molar-refractivity contribution in [3.8, 4) is 0 Å². The number of hydrogen-bond acceptors (Lipinski definition) is 7. The lowest BCUT2D eigenvalue weighted by Crippen LogP contribution is -2.29. The van der Waals surface area contributed by atoms with E-state index < -0.39 is 0 Å². The molecule has 328 valence electrons. The Morgan fingerprint density at radius 2 is 0.945 bits per heavy atom. The Balaban J connectivity index is 4.12. The summed E-state index contributed by atoms with van der Waals surface area (Å²) in [6.07, 6.45) is 38.4. The maximum absolute atomic E-state index is 12.7. The molecule has 7 nitrogen and oxygen atoms in total. The number of aliphatic hydroxyl groups excluding tert-OH is 1. The summed E-state index contributed by atoms with van der Waals surface area (Å²) in [7, 11) is 0. The van der Waals surface area contributed by atoms with Crippen molar-refractivity contribution in [2.75, 3.05) is 46.1 Å². The molecule has 55 heavy (non-hydrogen) atoms. The highest BCUT2D eigenvalue weighted by atomic mass is 16.5. The van der Waals surface area contributed by atoms with Crippen LogP contribution in [-0.2, 0) is 23.8 Å². The van der Waals surface area contributed by atoms with Crippen LogP contribution >= 0.6 is 0 Å². The first kappa shape index (κ1) is 53.8. The molecular weight excluding hydrogens is 687 g/mol.